The van der Waals surface area contributed by atoms with E-state index >= 15 is 0 Å². The Kier molecular flexibility index (Phi) is 6.48. The van der Waals surface area contributed by atoms with Gasteiger partial charge in [-0.1, -0.05) is 15.9 Å². The second-order valence-electron chi connectivity index (χ2n) is 4.01. The lowest BCUT2D eigenvalue weighted by molar-refractivity contribution is -0.386. The molecule has 1 heterocycles. The van der Waals surface area contributed by atoms with Crippen LogP contribution in [0, 0.1) is 21.3 Å². The molecular formula is C14H8BrIN2O3S. The predicted octanol–water partition coefficient (Wildman–Crippen LogP) is 4.72. The molecular weight excluding hydrogens is 483 g/mol. The number of benzene rings is 1. The fourth-order valence-electron chi connectivity index (χ4n) is 1.62. The molecule has 0 N–H and O–H groups in total. The molecule has 22 heavy (non-hydrogen) atoms. The summed E-state index contributed by atoms with van der Waals surface area (Å²) >= 11 is 5.36. The van der Waals surface area contributed by atoms with Gasteiger partial charge in [-0.25, -0.2) is 4.98 Å². The van der Waals surface area contributed by atoms with Crippen LogP contribution in [0.5, 0.6) is 5.75 Å². The molecule has 0 aliphatic carbocycles. The minimum Gasteiger partial charge on any atom is -0.482 e. The van der Waals surface area contributed by atoms with Gasteiger partial charge >= 0.3 is 5.69 Å². The molecule has 112 valence electrons. The molecule has 8 heteroatoms. The summed E-state index contributed by atoms with van der Waals surface area (Å²) in [7, 11) is 1.38. The van der Waals surface area contributed by atoms with Crippen molar-refractivity contribution in [1.29, 1.82) is 0 Å². The standard InChI is InChI=1S/C14H8BrIN2O3S/c15-11-1-2-13(18(19)20)14(8-11)21-9-10-3-5-17-12(7-10)4-6-22-16/h1-3,5,7-8H,9H2. The third-order valence-corrected chi connectivity index (χ3v) is 3.89. The lowest BCUT2D eigenvalue weighted by atomic mass is 10.2. The maximum atomic E-state index is 11.0. The molecule has 1 aromatic heterocycles. The molecule has 0 amide bonds. The first-order chi connectivity index (χ1) is 10.6. The Hall–Kier alpha value is -1.31. The first-order valence-corrected chi connectivity index (χ1v) is 10.1. The quantitative estimate of drug-likeness (QED) is 0.268. The highest BCUT2D eigenvalue weighted by molar-refractivity contribution is 14.2. The van der Waals surface area contributed by atoms with Gasteiger partial charge < -0.3 is 4.74 Å². The minimum absolute atomic E-state index is 0.0708. The molecule has 0 unspecified atom stereocenters. The van der Waals surface area contributed by atoms with E-state index in [9.17, 15) is 10.1 Å². The predicted molar refractivity (Wildman–Crippen MR) is 97.9 cm³/mol. The van der Waals surface area contributed by atoms with E-state index in [2.05, 4.69) is 53.3 Å². The molecule has 2 rings (SSSR count). The van der Waals surface area contributed by atoms with Gasteiger partial charge in [-0.3, -0.25) is 10.1 Å². The van der Waals surface area contributed by atoms with E-state index in [1.165, 1.54) is 15.0 Å². The number of rotatable bonds is 4. The fourth-order valence-corrected chi connectivity index (χ4v) is 2.43. The van der Waals surface area contributed by atoms with Crippen molar-refractivity contribution in [2.24, 2.45) is 0 Å². The van der Waals surface area contributed by atoms with Crippen LogP contribution in [0.3, 0.4) is 0 Å². The van der Waals surface area contributed by atoms with E-state index in [4.69, 9.17) is 4.74 Å². The van der Waals surface area contributed by atoms with Gasteiger partial charge in [-0.05, 0) is 43.9 Å². The normalized spacial score (nSPS) is 9.73. The van der Waals surface area contributed by atoms with Crippen molar-refractivity contribution in [2.45, 2.75) is 6.61 Å². The van der Waals surface area contributed by atoms with Crippen molar-refractivity contribution >= 4 is 51.8 Å². The van der Waals surface area contributed by atoms with Gasteiger partial charge in [-0.2, -0.15) is 0 Å². The van der Waals surface area contributed by atoms with Crippen molar-refractivity contribution in [1.82, 2.24) is 4.98 Å². The van der Waals surface area contributed by atoms with Crippen molar-refractivity contribution < 1.29 is 9.66 Å². The monoisotopic (exact) mass is 490 g/mol. The summed E-state index contributed by atoms with van der Waals surface area (Å²) < 4.78 is 6.29. The Balaban J connectivity index is 2.16. The third-order valence-electron chi connectivity index (χ3n) is 2.55. The minimum atomic E-state index is -0.469. The fraction of sp³-hybridized carbons (Fsp3) is 0.0714. The summed E-state index contributed by atoms with van der Waals surface area (Å²) in [5.74, 6) is 3.11. The molecule has 2 aromatic rings. The highest BCUT2D eigenvalue weighted by Gasteiger charge is 2.15. The Morgan fingerprint density at radius 1 is 1.41 bits per heavy atom. The molecule has 0 bridgehead atoms. The van der Waals surface area contributed by atoms with Crippen LogP contribution in [-0.4, -0.2) is 9.91 Å². The average Bonchev–Trinajstić information content (AvgIpc) is 2.51. The van der Waals surface area contributed by atoms with Gasteiger partial charge in [0.25, 0.3) is 0 Å². The van der Waals surface area contributed by atoms with Gasteiger partial charge in [-0.15, -0.1) is 0 Å². The zero-order valence-corrected chi connectivity index (χ0v) is 15.5. The molecule has 0 aliphatic heterocycles. The van der Waals surface area contributed by atoms with Crippen LogP contribution in [-0.2, 0) is 6.61 Å². The molecule has 0 saturated heterocycles. The molecule has 0 spiro atoms. The van der Waals surface area contributed by atoms with Crippen LogP contribution < -0.4 is 4.74 Å². The van der Waals surface area contributed by atoms with E-state index in [0.717, 1.165) is 5.56 Å². The molecule has 1 aromatic carbocycles. The second kappa shape index (κ2) is 8.36. The van der Waals surface area contributed by atoms with Crippen LogP contribution in [0.15, 0.2) is 41.0 Å². The van der Waals surface area contributed by atoms with Gasteiger partial charge in [0.05, 0.1) is 4.92 Å². The Morgan fingerprint density at radius 3 is 2.95 bits per heavy atom. The van der Waals surface area contributed by atoms with Gasteiger partial charge in [0.1, 0.15) is 12.3 Å². The lowest BCUT2D eigenvalue weighted by Crippen LogP contribution is -2.00. The van der Waals surface area contributed by atoms with Gasteiger partial charge in [0.15, 0.2) is 5.75 Å². The molecule has 0 fully saturated rings. The zero-order chi connectivity index (χ0) is 15.9. The number of pyridine rings is 1. The van der Waals surface area contributed by atoms with Crippen molar-refractivity contribution in [2.75, 3.05) is 0 Å². The third kappa shape index (κ3) is 4.86. The van der Waals surface area contributed by atoms with Crippen molar-refractivity contribution in [3.63, 3.8) is 0 Å². The Bertz CT molecular complexity index is 761. The van der Waals surface area contributed by atoms with E-state index in [1.807, 2.05) is 0 Å². The van der Waals surface area contributed by atoms with Gasteiger partial charge in [0, 0.05) is 44.0 Å². The van der Waals surface area contributed by atoms with Crippen molar-refractivity contribution in [3.05, 3.63) is 62.4 Å². The Labute approximate surface area is 151 Å². The topological polar surface area (TPSA) is 65.3 Å². The number of nitro benzene ring substituents is 1. The smallest absolute Gasteiger partial charge is 0.311 e. The maximum Gasteiger partial charge on any atom is 0.311 e. The van der Waals surface area contributed by atoms with E-state index < -0.39 is 4.92 Å². The summed E-state index contributed by atoms with van der Waals surface area (Å²) in [4.78, 5) is 14.7. The number of hydrogen-bond donors (Lipinski definition) is 0. The second-order valence-corrected chi connectivity index (χ2v) is 6.61. The van der Waals surface area contributed by atoms with Crippen molar-refractivity contribution in [3.8, 4) is 16.9 Å². The average molecular weight is 491 g/mol. The van der Waals surface area contributed by atoms with Crippen LogP contribution in [0.1, 0.15) is 11.3 Å². The van der Waals surface area contributed by atoms with Crippen LogP contribution in [0.25, 0.3) is 0 Å². The summed E-state index contributed by atoms with van der Waals surface area (Å²) in [6.07, 6.45) is 1.63. The number of halogens is 2. The summed E-state index contributed by atoms with van der Waals surface area (Å²) in [6, 6.07) is 8.16. The summed E-state index contributed by atoms with van der Waals surface area (Å²) in [5, 5.41) is 13.8. The maximum absolute atomic E-state index is 11.0. The highest BCUT2D eigenvalue weighted by atomic mass is 127. The lowest BCUT2D eigenvalue weighted by Gasteiger charge is -2.07. The highest BCUT2D eigenvalue weighted by Crippen LogP contribution is 2.30. The van der Waals surface area contributed by atoms with Crippen LogP contribution >= 0.6 is 46.1 Å². The number of hydrogen-bond acceptors (Lipinski definition) is 5. The summed E-state index contributed by atoms with van der Waals surface area (Å²) in [5.41, 5.74) is 1.40. The first kappa shape index (κ1) is 17.1. The Morgan fingerprint density at radius 2 is 2.23 bits per heavy atom. The molecule has 5 nitrogen and oxygen atoms in total. The molecule has 0 aliphatic rings. The number of aromatic nitrogens is 1. The van der Waals surface area contributed by atoms with Crippen LogP contribution in [0.4, 0.5) is 5.69 Å². The van der Waals surface area contributed by atoms with E-state index in [0.29, 0.717) is 10.2 Å². The summed E-state index contributed by atoms with van der Waals surface area (Å²) in [6.45, 7) is 0.200. The number of nitro groups is 1. The van der Waals surface area contributed by atoms with E-state index in [-0.39, 0.29) is 18.0 Å². The molecule has 0 radical (unpaired) electrons. The zero-order valence-electron chi connectivity index (χ0n) is 11.0. The van der Waals surface area contributed by atoms with E-state index in [1.54, 1.807) is 30.5 Å². The molecule has 0 atom stereocenters. The van der Waals surface area contributed by atoms with Crippen LogP contribution in [0.2, 0.25) is 0 Å². The first-order valence-electron chi connectivity index (χ1n) is 5.90. The number of nitrogens with zero attached hydrogens (tertiary/aromatic N) is 2. The number of ether oxygens (including phenoxy) is 1. The van der Waals surface area contributed by atoms with Gasteiger partial charge in [0.2, 0.25) is 0 Å². The largest absolute Gasteiger partial charge is 0.482 e. The molecule has 0 saturated carbocycles. The SMILES string of the molecule is O=[N+]([O-])c1ccc(Br)cc1OCc1ccnc(C#CSI)c1.